The highest BCUT2D eigenvalue weighted by molar-refractivity contribution is 6.30. The molecule has 0 aliphatic carbocycles. The summed E-state index contributed by atoms with van der Waals surface area (Å²) in [6.07, 6.45) is 3.17. The summed E-state index contributed by atoms with van der Waals surface area (Å²) in [6, 6.07) is 0.0613. The van der Waals surface area contributed by atoms with Crippen LogP contribution in [0.2, 0.25) is 5.02 Å². The molecular weight excluding hydrogens is 174 g/mol. The van der Waals surface area contributed by atoms with E-state index in [1.807, 2.05) is 13.8 Å². The lowest BCUT2D eigenvalue weighted by molar-refractivity contribution is 0.581. The monoisotopic (exact) mass is 185 g/mol. The van der Waals surface area contributed by atoms with Crippen LogP contribution >= 0.6 is 11.6 Å². The lowest BCUT2D eigenvalue weighted by Gasteiger charge is -2.12. The second kappa shape index (κ2) is 3.83. The van der Waals surface area contributed by atoms with E-state index in [9.17, 15) is 0 Å². The van der Waals surface area contributed by atoms with Crippen LogP contribution in [0.4, 0.5) is 0 Å². The Morgan fingerprint density at radius 3 is 2.25 bits per heavy atom. The Labute approximate surface area is 77.0 Å². The highest BCUT2D eigenvalue weighted by Gasteiger charge is 2.12. The highest BCUT2D eigenvalue weighted by Crippen LogP contribution is 2.13. The van der Waals surface area contributed by atoms with Crippen molar-refractivity contribution >= 4 is 11.6 Å². The number of halogens is 1. The van der Waals surface area contributed by atoms with Crippen LogP contribution in [-0.4, -0.2) is 16.0 Å². The largest absolute Gasteiger partial charge is 0.327 e. The summed E-state index contributed by atoms with van der Waals surface area (Å²) in [5.41, 5.74) is 5.69. The first-order valence-corrected chi connectivity index (χ1v) is 4.22. The lowest BCUT2D eigenvalue weighted by Crippen LogP contribution is -2.23. The maximum absolute atomic E-state index is 5.69. The van der Waals surface area contributed by atoms with E-state index >= 15 is 0 Å². The highest BCUT2D eigenvalue weighted by atomic mass is 35.5. The zero-order valence-electron chi connectivity index (χ0n) is 7.16. The Morgan fingerprint density at radius 2 is 1.83 bits per heavy atom. The molecule has 2 atom stereocenters. The van der Waals surface area contributed by atoms with Crippen LogP contribution in [0.1, 0.15) is 25.6 Å². The zero-order valence-corrected chi connectivity index (χ0v) is 7.92. The van der Waals surface area contributed by atoms with Gasteiger partial charge in [0.25, 0.3) is 0 Å². The minimum absolute atomic E-state index is 0.0613. The van der Waals surface area contributed by atoms with Gasteiger partial charge in [0.1, 0.15) is 5.82 Å². The van der Waals surface area contributed by atoms with Crippen LogP contribution in [0.15, 0.2) is 12.4 Å². The molecule has 3 nitrogen and oxygen atoms in total. The van der Waals surface area contributed by atoms with E-state index in [1.165, 1.54) is 0 Å². The molecule has 0 aromatic carbocycles. The maximum atomic E-state index is 5.69. The molecule has 0 fully saturated rings. The van der Waals surface area contributed by atoms with Gasteiger partial charge < -0.3 is 5.73 Å². The summed E-state index contributed by atoms with van der Waals surface area (Å²) in [7, 11) is 0. The van der Waals surface area contributed by atoms with Crippen molar-refractivity contribution in [2.75, 3.05) is 0 Å². The van der Waals surface area contributed by atoms with Crippen molar-refractivity contribution in [3.05, 3.63) is 23.2 Å². The van der Waals surface area contributed by atoms with Crippen molar-refractivity contribution in [2.45, 2.75) is 25.8 Å². The summed E-state index contributed by atoms with van der Waals surface area (Å²) in [6.45, 7) is 3.93. The molecule has 0 amide bonds. The molecule has 0 saturated heterocycles. The Balaban J connectivity index is 2.82. The minimum Gasteiger partial charge on any atom is -0.327 e. The van der Waals surface area contributed by atoms with Crippen LogP contribution in [0.5, 0.6) is 0 Å². The van der Waals surface area contributed by atoms with Gasteiger partial charge in [0.2, 0.25) is 0 Å². The van der Waals surface area contributed by atoms with Crippen LogP contribution < -0.4 is 5.73 Å². The van der Waals surface area contributed by atoms with Crippen LogP contribution in [0, 0.1) is 0 Å². The third kappa shape index (κ3) is 2.16. The first-order chi connectivity index (χ1) is 5.61. The van der Waals surface area contributed by atoms with Crippen molar-refractivity contribution in [1.29, 1.82) is 0 Å². The van der Waals surface area contributed by atoms with E-state index in [0.717, 1.165) is 5.82 Å². The molecule has 66 valence electrons. The zero-order chi connectivity index (χ0) is 9.14. The average Bonchev–Trinajstić information content (AvgIpc) is 2.04. The van der Waals surface area contributed by atoms with Crippen LogP contribution in [0.3, 0.4) is 0 Å². The molecule has 2 unspecified atom stereocenters. The Morgan fingerprint density at radius 1 is 1.33 bits per heavy atom. The Bertz CT molecular complexity index is 245. The molecule has 1 rings (SSSR count). The third-order valence-corrected chi connectivity index (χ3v) is 2.03. The fourth-order valence-electron chi connectivity index (χ4n) is 0.793. The average molecular weight is 186 g/mol. The van der Waals surface area contributed by atoms with Crippen LogP contribution in [0.25, 0.3) is 0 Å². The molecule has 0 saturated carbocycles. The van der Waals surface area contributed by atoms with Crippen molar-refractivity contribution in [2.24, 2.45) is 5.73 Å². The topological polar surface area (TPSA) is 51.8 Å². The van der Waals surface area contributed by atoms with Gasteiger partial charge >= 0.3 is 0 Å². The fourth-order valence-corrected chi connectivity index (χ4v) is 0.890. The van der Waals surface area contributed by atoms with Gasteiger partial charge in [-0.3, -0.25) is 0 Å². The van der Waals surface area contributed by atoms with E-state index < -0.39 is 0 Å². The second-order valence-corrected chi connectivity index (χ2v) is 3.34. The molecule has 0 radical (unpaired) electrons. The standard InChI is InChI=1S/C8H12ClN3/c1-5(6(2)10)8-11-3-7(9)4-12-8/h3-6H,10H2,1-2H3. The van der Waals surface area contributed by atoms with Crippen molar-refractivity contribution in [3.8, 4) is 0 Å². The number of rotatable bonds is 2. The van der Waals surface area contributed by atoms with Gasteiger partial charge in [-0.1, -0.05) is 18.5 Å². The summed E-state index contributed by atoms with van der Waals surface area (Å²) < 4.78 is 0. The van der Waals surface area contributed by atoms with E-state index in [0.29, 0.717) is 5.02 Å². The SMILES string of the molecule is CC(N)C(C)c1ncc(Cl)cn1. The van der Waals surface area contributed by atoms with Crippen LogP contribution in [-0.2, 0) is 0 Å². The predicted molar refractivity (Wildman–Crippen MR) is 49.1 cm³/mol. The predicted octanol–water partition coefficient (Wildman–Crippen LogP) is 1.58. The quantitative estimate of drug-likeness (QED) is 0.761. The van der Waals surface area contributed by atoms with Gasteiger partial charge in [-0.15, -0.1) is 0 Å². The molecule has 1 aromatic heterocycles. The molecule has 0 aliphatic rings. The molecular formula is C8H12ClN3. The minimum atomic E-state index is 0.0613. The number of nitrogens with zero attached hydrogens (tertiary/aromatic N) is 2. The van der Waals surface area contributed by atoms with Gasteiger partial charge in [-0.2, -0.15) is 0 Å². The third-order valence-electron chi connectivity index (χ3n) is 1.84. The Hall–Kier alpha value is -0.670. The molecule has 12 heavy (non-hydrogen) atoms. The van der Waals surface area contributed by atoms with E-state index in [4.69, 9.17) is 17.3 Å². The smallest absolute Gasteiger partial charge is 0.132 e. The van der Waals surface area contributed by atoms with Gasteiger partial charge in [0.15, 0.2) is 0 Å². The molecule has 2 N–H and O–H groups in total. The molecule has 0 bridgehead atoms. The Kier molecular flexibility index (Phi) is 3.00. The number of nitrogens with two attached hydrogens (primary N) is 1. The van der Waals surface area contributed by atoms with E-state index in [2.05, 4.69) is 9.97 Å². The lowest BCUT2D eigenvalue weighted by atomic mass is 10.0. The normalized spacial score (nSPS) is 15.7. The summed E-state index contributed by atoms with van der Waals surface area (Å²) in [5, 5.41) is 0.552. The van der Waals surface area contributed by atoms with Gasteiger partial charge in [0.05, 0.1) is 5.02 Å². The second-order valence-electron chi connectivity index (χ2n) is 2.91. The van der Waals surface area contributed by atoms with Crippen molar-refractivity contribution in [3.63, 3.8) is 0 Å². The number of hydrogen-bond donors (Lipinski definition) is 1. The number of hydrogen-bond acceptors (Lipinski definition) is 3. The summed E-state index contributed by atoms with van der Waals surface area (Å²) in [4.78, 5) is 8.15. The molecule has 1 heterocycles. The first kappa shape index (κ1) is 9.42. The molecule has 4 heteroatoms. The molecule has 0 spiro atoms. The van der Waals surface area contributed by atoms with Gasteiger partial charge in [-0.05, 0) is 6.92 Å². The van der Waals surface area contributed by atoms with E-state index in [1.54, 1.807) is 12.4 Å². The first-order valence-electron chi connectivity index (χ1n) is 3.84. The number of aromatic nitrogens is 2. The van der Waals surface area contributed by atoms with Gasteiger partial charge in [0, 0.05) is 24.4 Å². The van der Waals surface area contributed by atoms with Gasteiger partial charge in [-0.25, -0.2) is 9.97 Å². The van der Waals surface area contributed by atoms with E-state index in [-0.39, 0.29) is 12.0 Å². The molecule has 0 aliphatic heterocycles. The summed E-state index contributed by atoms with van der Waals surface area (Å²) >= 11 is 5.64. The van der Waals surface area contributed by atoms with Crippen molar-refractivity contribution < 1.29 is 0 Å². The van der Waals surface area contributed by atoms with Crippen molar-refractivity contribution in [1.82, 2.24) is 9.97 Å². The molecule has 1 aromatic rings. The maximum Gasteiger partial charge on any atom is 0.132 e. The summed E-state index contributed by atoms with van der Waals surface area (Å²) in [5.74, 6) is 0.914. The fraction of sp³-hybridized carbons (Fsp3) is 0.500.